The van der Waals surface area contributed by atoms with Crippen molar-refractivity contribution in [1.82, 2.24) is 15.3 Å². The summed E-state index contributed by atoms with van der Waals surface area (Å²) in [7, 11) is 1.68. The van der Waals surface area contributed by atoms with Crippen LogP contribution in [0.5, 0.6) is 5.75 Å². The smallest absolute Gasteiger partial charge is 0.120 e. The first-order valence-corrected chi connectivity index (χ1v) is 5.70. The van der Waals surface area contributed by atoms with Crippen LogP contribution in [0.3, 0.4) is 0 Å². The zero-order valence-corrected chi connectivity index (χ0v) is 9.94. The molecule has 2 aromatic rings. The molecule has 0 saturated carbocycles. The van der Waals surface area contributed by atoms with Gasteiger partial charge in [-0.15, -0.1) is 0 Å². The maximum Gasteiger partial charge on any atom is 0.120 e. The normalized spacial score (nSPS) is 10.4. The largest absolute Gasteiger partial charge is 0.497 e. The van der Waals surface area contributed by atoms with E-state index in [2.05, 4.69) is 27.4 Å². The third kappa shape index (κ3) is 3.60. The fourth-order valence-electron chi connectivity index (χ4n) is 1.63. The molecule has 0 atom stereocenters. The third-order valence-electron chi connectivity index (χ3n) is 2.60. The van der Waals surface area contributed by atoms with E-state index in [1.165, 1.54) is 5.56 Å². The van der Waals surface area contributed by atoms with Crippen LogP contribution in [-0.4, -0.2) is 23.6 Å². The highest BCUT2D eigenvalue weighted by molar-refractivity contribution is 5.27. The zero-order valence-electron chi connectivity index (χ0n) is 9.94. The van der Waals surface area contributed by atoms with Gasteiger partial charge in [-0.25, -0.2) is 4.98 Å². The van der Waals surface area contributed by atoms with Crippen molar-refractivity contribution in [1.29, 1.82) is 0 Å². The summed E-state index contributed by atoms with van der Waals surface area (Å²) >= 11 is 0. The molecule has 2 N–H and O–H groups in total. The Morgan fingerprint density at radius 2 is 2.12 bits per heavy atom. The van der Waals surface area contributed by atoms with E-state index in [1.807, 2.05) is 18.3 Å². The van der Waals surface area contributed by atoms with Crippen LogP contribution in [0.1, 0.15) is 11.4 Å². The van der Waals surface area contributed by atoms with Crippen LogP contribution in [0.25, 0.3) is 0 Å². The number of ether oxygens (including phenoxy) is 1. The van der Waals surface area contributed by atoms with Gasteiger partial charge >= 0.3 is 0 Å². The first kappa shape index (κ1) is 11.7. The van der Waals surface area contributed by atoms with Crippen molar-refractivity contribution < 1.29 is 4.74 Å². The first-order valence-electron chi connectivity index (χ1n) is 5.70. The van der Waals surface area contributed by atoms with Crippen molar-refractivity contribution in [3.8, 4) is 5.75 Å². The van der Waals surface area contributed by atoms with Gasteiger partial charge in [0.25, 0.3) is 0 Å². The maximum absolute atomic E-state index is 5.12. The second-order valence-electron chi connectivity index (χ2n) is 3.81. The van der Waals surface area contributed by atoms with Gasteiger partial charge in [0.05, 0.1) is 13.7 Å². The number of aromatic nitrogens is 2. The fourth-order valence-corrected chi connectivity index (χ4v) is 1.63. The minimum Gasteiger partial charge on any atom is -0.497 e. The third-order valence-corrected chi connectivity index (χ3v) is 2.60. The molecule has 4 nitrogen and oxygen atoms in total. The Morgan fingerprint density at radius 3 is 2.76 bits per heavy atom. The molecule has 1 heterocycles. The van der Waals surface area contributed by atoms with Crippen molar-refractivity contribution in [3.63, 3.8) is 0 Å². The Labute approximate surface area is 101 Å². The molecule has 1 aromatic carbocycles. The minimum atomic E-state index is 0.781. The van der Waals surface area contributed by atoms with Gasteiger partial charge in [-0.2, -0.15) is 0 Å². The van der Waals surface area contributed by atoms with Crippen molar-refractivity contribution in [2.75, 3.05) is 13.7 Å². The summed E-state index contributed by atoms with van der Waals surface area (Å²) < 4.78 is 5.12. The predicted octanol–water partition coefficient (Wildman–Crippen LogP) is 1.75. The average Bonchev–Trinajstić information content (AvgIpc) is 2.88. The van der Waals surface area contributed by atoms with Gasteiger partial charge in [-0.1, -0.05) is 12.1 Å². The summed E-state index contributed by atoms with van der Waals surface area (Å²) in [6.45, 7) is 1.72. The van der Waals surface area contributed by atoms with E-state index in [0.29, 0.717) is 0 Å². The van der Waals surface area contributed by atoms with Crippen molar-refractivity contribution in [2.24, 2.45) is 0 Å². The van der Waals surface area contributed by atoms with Crippen LogP contribution in [0.4, 0.5) is 0 Å². The summed E-state index contributed by atoms with van der Waals surface area (Å²) in [5.41, 5.74) is 1.30. The number of hydrogen-bond donors (Lipinski definition) is 2. The molecule has 0 bridgehead atoms. The molecule has 0 aliphatic rings. The maximum atomic E-state index is 5.12. The van der Waals surface area contributed by atoms with E-state index in [-0.39, 0.29) is 0 Å². The number of nitrogens with one attached hydrogen (secondary N) is 2. The lowest BCUT2D eigenvalue weighted by Gasteiger charge is -2.04. The molecule has 0 aliphatic carbocycles. The van der Waals surface area contributed by atoms with E-state index in [1.54, 1.807) is 13.3 Å². The molecule has 0 radical (unpaired) electrons. The lowest BCUT2D eigenvalue weighted by molar-refractivity contribution is 0.414. The molecule has 0 aliphatic heterocycles. The number of nitrogens with zero attached hydrogens (tertiary/aromatic N) is 1. The van der Waals surface area contributed by atoms with Crippen molar-refractivity contribution >= 4 is 0 Å². The molecule has 0 fully saturated rings. The Hall–Kier alpha value is -1.81. The molecule has 4 heteroatoms. The van der Waals surface area contributed by atoms with E-state index in [4.69, 9.17) is 4.74 Å². The minimum absolute atomic E-state index is 0.781. The first-order chi connectivity index (χ1) is 8.38. The number of rotatable bonds is 6. The summed E-state index contributed by atoms with van der Waals surface area (Å²) in [6.07, 6.45) is 4.60. The molecular weight excluding hydrogens is 214 g/mol. The second-order valence-corrected chi connectivity index (χ2v) is 3.81. The molecule has 90 valence electrons. The summed E-state index contributed by atoms with van der Waals surface area (Å²) in [5, 5.41) is 3.34. The van der Waals surface area contributed by atoms with Crippen LogP contribution in [0, 0.1) is 0 Å². The van der Waals surface area contributed by atoms with Gasteiger partial charge in [0, 0.05) is 12.4 Å². The molecular formula is C13H17N3O. The molecule has 2 rings (SSSR count). The van der Waals surface area contributed by atoms with Crippen LogP contribution in [0.2, 0.25) is 0 Å². The SMILES string of the molecule is COc1ccc(CCNCc2ncc[nH]2)cc1. The molecule has 0 saturated heterocycles. The van der Waals surface area contributed by atoms with Gasteiger partial charge in [0.15, 0.2) is 0 Å². The van der Waals surface area contributed by atoms with E-state index in [0.717, 1.165) is 31.1 Å². The Kier molecular flexibility index (Phi) is 4.16. The molecule has 0 amide bonds. The molecule has 17 heavy (non-hydrogen) atoms. The standard InChI is InChI=1S/C13H17N3O/c1-17-12-4-2-11(3-5-12)6-7-14-10-13-15-8-9-16-13/h2-5,8-9,14H,6-7,10H2,1H3,(H,15,16). The zero-order chi connectivity index (χ0) is 11.9. The van der Waals surface area contributed by atoms with E-state index in [9.17, 15) is 0 Å². The van der Waals surface area contributed by atoms with Crippen LogP contribution < -0.4 is 10.1 Å². The van der Waals surface area contributed by atoms with Crippen LogP contribution >= 0.6 is 0 Å². The van der Waals surface area contributed by atoms with E-state index < -0.39 is 0 Å². The summed E-state index contributed by atoms with van der Waals surface area (Å²) in [6, 6.07) is 8.16. The number of hydrogen-bond acceptors (Lipinski definition) is 3. The highest BCUT2D eigenvalue weighted by Gasteiger charge is 1.96. The number of benzene rings is 1. The molecule has 0 spiro atoms. The fraction of sp³-hybridized carbons (Fsp3) is 0.308. The number of H-pyrrole nitrogens is 1. The average molecular weight is 231 g/mol. The number of methoxy groups -OCH3 is 1. The second kappa shape index (κ2) is 6.06. The van der Waals surface area contributed by atoms with Crippen molar-refractivity contribution in [3.05, 3.63) is 48.0 Å². The quantitative estimate of drug-likeness (QED) is 0.745. The predicted molar refractivity (Wildman–Crippen MR) is 67.0 cm³/mol. The number of imidazole rings is 1. The van der Waals surface area contributed by atoms with Gasteiger partial charge < -0.3 is 15.0 Å². The molecule has 0 unspecified atom stereocenters. The Bertz CT molecular complexity index is 422. The van der Waals surface area contributed by atoms with Gasteiger partial charge in [0.2, 0.25) is 0 Å². The van der Waals surface area contributed by atoms with E-state index >= 15 is 0 Å². The molecule has 1 aromatic heterocycles. The Balaban J connectivity index is 1.70. The lowest BCUT2D eigenvalue weighted by Crippen LogP contribution is -2.17. The Morgan fingerprint density at radius 1 is 1.29 bits per heavy atom. The van der Waals surface area contributed by atoms with Crippen LogP contribution in [-0.2, 0) is 13.0 Å². The van der Waals surface area contributed by atoms with Crippen molar-refractivity contribution in [2.45, 2.75) is 13.0 Å². The highest BCUT2D eigenvalue weighted by atomic mass is 16.5. The van der Waals surface area contributed by atoms with Gasteiger partial charge in [-0.05, 0) is 30.7 Å². The lowest BCUT2D eigenvalue weighted by atomic mass is 10.1. The monoisotopic (exact) mass is 231 g/mol. The summed E-state index contributed by atoms with van der Waals surface area (Å²) in [5.74, 6) is 1.87. The highest BCUT2D eigenvalue weighted by Crippen LogP contribution is 2.11. The van der Waals surface area contributed by atoms with Crippen LogP contribution in [0.15, 0.2) is 36.7 Å². The summed E-state index contributed by atoms with van der Waals surface area (Å²) in [4.78, 5) is 7.21. The topological polar surface area (TPSA) is 49.9 Å². The van der Waals surface area contributed by atoms with Gasteiger partial charge in [0.1, 0.15) is 11.6 Å². The van der Waals surface area contributed by atoms with Gasteiger partial charge in [-0.3, -0.25) is 0 Å². The number of aromatic amines is 1.